The van der Waals surface area contributed by atoms with Crippen molar-refractivity contribution in [3.05, 3.63) is 0 Å². The lowest BCUT2D eigenvalue weighted by atomic mass is 9.63. The summed E-state index contributed by atoms with van der Waals surface area (Å²) >= 11 is 0. The summed E-state index contributed by atoms with van der Waals surface area (Å²) in [7, 11) is 1.70. The topological polar surface area (TPSA) is 58.6 Å². The van der Waals surface area contributed by atoms with Crippen molar-refractivity contribution in [1.29, 1.82) is 0 Å². The molecular formula is C15H26N2O3. The highest BCUT2D eigenvalue weighted by atomic mass is 16.5. The molecule has 1 aliphatic carbocycles. The van der Waals surface area contributed by atoms with Crippen molar-refractivity contribution in [3.8, 4) is 0 Å². The molecule has 0 aromatic heterocycles. The fourth-order valence-electron chi connectivity index (χ4n) is 3.43. The second-order valence-electron chi connectivity index (χ2n) is 6.95. The molecule has 5 heteroatoms. The fraction of sp³-hybridized carbons (Fsp3) is 0.867. The Balaban J connectivity index is 2.25. The molecule has 1 N–H and O–H groups in total. The number of ether oxygens (including phenoxy) is 1. The molecule has 1 heterocycles. The molecule has 0 aromatic carbocycles. The summed E-state index contributed by atoms with van der Waals surface area (Å²) in [6.45, 7) is 9.93. The summed E-state index contributed by atoms with van der Waals surface area (Å²) in [6, 6.07) is -0.738. The third kappa shape index (κ3) is 2.12. The second kappa shape index (κ2) is 5.02. The van der Waals surface area contributed by atoms with Gasteiger partial charge in [0.05, 0.1) is 6.10 Å². The van der Waals surface area contributed by atoms with Crippen LogP contribution in [0, 0.1) is 11.3 Å². The lowest BCUT2D eigenvalue weighted by molar-refractivity contribution is -0.178. The molecule has 2 rings (SSSR count). The maximum absolute atomic E-state index is 12.7. The Bertz CT molecular complexity index is 419. The Morgan fingerprint density at radius 1 is 1.35 bits per heavy atom. The van der Waals surface area contributed by atoms with E-state index in [0.717, 1.165) is 6.42 Å². The number of rotatable bonds is 3. The van der Waals surface area contributed by atoms with Gasteiger partial charge >= 0.3 is 0 Å². The first-order valence-electron chi connectivity index (χ1n) is 7.37. The molecule has 1 saturated heterocycles. The van der Waals surface area contributed by atoms with Crippen LogP contribution < -0.4 is 5.32 Å². The Morgan fingerprint density at radius 3 is 2.40 bits per heavy atom. The Morgan fingerprint density at radius 2 is 1.95 bits per heavy atom. The van der Waals surface area contributed by atoms with Crippen LogP contribution in [0.3, 0.4) is 0 Å². The van der Waals surface area contributed by atoms with Crippen LogP contribution in [0.2, 0.25) is 0 Å². The molecule has 1 aliphatic heterocycles. The van der Waals surface area contributed by atoms with Gasteiger partial charge in [0.25, 0.3) is 0 Å². The van der Waals surface area contributed by atoms with E-state index in [1.165, 1.54) is 0 Å². The highest BCUT2D eigenvalue weighted by Gasteiger charge is 2.56. The van der Waals surface area contributed by atoms with Gasteiger partial charge in [-0.05, 0) is 19.3 Å². The molecule has 0 radical (unpaired) electrons. The molecule has 4 atom stereocenters. The molecule has 4 unspecified atom stereocenters. The van der Waals surface area contributed by atoms with E-state index in [-0.39, 0.29) is 35.3 Å². The van der Waals surface area contributed by atoms with E-state index in [4.69, 9.17) is 4.74 Å². The van der Waals surface area contributed by atoms with E-state index in [0.29, 0.717) is 0 Å². The van der Waals surface area contributed by atoms with Crippen molar-refractivity contribution < 1.29 is 14.3 Å². The number of nitrogens with one attached hydrogen (secondary N) is 1. The standard InChI is InChI=1S/C15H26N2O3/c1-8(2)12-14(19)17(9(3)13(18)16-12)10-7-11(20-6)15(10,4)5/h8-12H,7H2,1-6H3,(H,16,18). The van der Waals surface area contributed by atoms with Crippen molar-refractivity contribution >= 4 is 11.8 Å². The normalized spacial score (nSPS) is 36.9. The Hall–Kier alpha value is -1.10. The van der Waals surface area contributed by atoms with Crippen LogP contribution in [0.5, 0.6) is 0 Å². The molecule has 20 heavy (non-hydrogen) atoms. The van der Waals surface area contributed by atoms with Crippen LogP contribution in [0.15, 0.2) is 0 Å². The van der Waals surface area contributed by atoms with Crippen LogP contribution >= 0.6 is 0 Å². The van der Waals surface area contributed by atoms with Crippen molar-refractivity contribution in [2.24, 2.45) is 11.3 Å². The molecule has 0 aromatic rings. The van der Waals surface area contributed by atoms with E-state index >= 15 is 0 Å². The average Bonchev–Trinajstić information content (AvgIpc) is 2.36. The first kappa shape index (κ1) is 15.3. The number of hydrogen-bond donors (Lipinski definition) is 1. The highest BCUT2D eigenvalue weighted by Crippen LogP contribution is 2.46. The van der Waals surface area contributed by atoms with Crippen LogP contribution in [0.4, 0.5) is 0 Å². The molecule has 2 fully saturated rings. The summed E-state index contributed by atoms with van der Waals surface area (Å²) in [6.07, 6.45) is 0.951. The molecule has 114 valence electrons. The first-order valence-corrected chi connectivity index (χ1v) is 7.37. The first-order chi connectivity index (χ1) is 9.21. The van der Waals surface area contributed by atoms with Crippen molar-refractivity contribution in [1.82, 2.24) is 10.2 Å². The van der Waals surface area contributed by atoms with Gasteiger partial charge in [0.2, 0.25) is 11.8 Å². The summed E-state index contributed by atoms with van der Waals surface area (Å²) in [5, 5.41) is 2.84. The van der Waals surface area contributed by atoms with Gasteiger partial charge in [-0.25, -0.2) is 0 Å². The molecular weight excluding hydrogens is 256 g/mol. The van der Waals surface area contributed by atoms with Crippen LogP contribution in [-0.2, 0) is 14.3 Å². The van der Waals surface area contributed by atoms with Crippen molar-refractivity contribution in [2.45, 2.75) is 65.3 Å². The van der Waals surface area contributed by atoms with Gasteiger partial charge in [-0.15, -0.1) is 0 Å². The molecule has 1 saturated carbocycles. The second-order valence-corrected chi connectivity index (χ2v) is 6.95. The minimum Gasteiger partial charge on any atom is -0.381 e. The number of carbonyl (C=O) groups excluding carboxylic acids is 2. The summed E-state index contributed by atoms with van der Waals surface area (Å²) in [5.41, 5.74) is -0.113. The van der Waals surface area contributed by atoms with Gasteiger partial charge in [-0.2, -0.15) is 0 Å². The van der Waals surface area contributed by atoms with Crippen LogP contribution in [0.1, 0.15) is 41.0 Å². The quantitative estimate of drug-likeness (QED) is 0.845. The van der Waals surface area contributed by atoms with Gasteiger partial charge < -0.3 is 15.0 Å². The van der Waals surface area contributed by atoms with Crippen LogP contribution in [-0.4, -0.2) is 48.1 Å². The molecule has 2 amide bonds. The van der Waals surface area contributed by atoms with Crippen molar-refractivity contribution in [3.63, 3.8) is 0 Å². The lowest BCUT2D eigenvalue weighted by Crippen LogP contribution is -2.72. The largest absolute Gasteiger partial charge is 0.381 e. The highest BCUT2D eigenvalue weighted by molar-refractivity contribution is 5.97. The summed E-state index contributed by atoms with van der Waals surface area (Å²) in [5.74, 6) is 0.0857. The lowest BCUT2D eigenvalue weighted by Gasteiger charge is -2.58. The number of nitrogens with zero attached hydrogens (tertiary/aromatic N) is 1. The Kier molecular flexibility index (Phi) is 3.84. The average molecular weight is 282 g/mol. The zero-order valence-corrected chi connectivity index (χ0v) is 13.3. The smallest absolute Gasteiger partial charge is 0.246 e. The van der Waals surface area contributed by atoms with Crippen molar-refractivity contribution in [2.75, 3.05) is 7.11 Å². The zero-order chi connectivity index (χ0) is 15.2. The van der Waals surface area contributed by atoms with Gasteiger partial charge in [0, 0.05) is 18.6 Å². The van der Waals surface area contributed by atoms with Gasteiger partial charge in [0.1, 0.15) is 12.1 Å². The van der Waals surface area contributed by atoms with Gasteiger partial charge in [-0.3, -0.25) is 9.59 Å². The molecule has 5 nitrogen and oxygen atoms in total. The van der Waals surface area contributed by atoms with E-state index in [1.807, 2.05) is 13.8 Å². The third-order valence-electron chi connectivity index (χ3n) is 5.03. The zero-order valence-electron chi connectivity index (χ0n) is 13.3. The minimum absolute atomic E-state index is 0.0414. The summed E-state index contributed by atoms with van der Waals surface area (Å²) < 4.78 is 5.46. The maximum atomic E-state index is 12.7. The maximum Gasteiger partial charge on any atom is 0.246 e. The predicted octanol–water partition coefficient (Wildman–Crippen LogP) is 1.17. The van der Waals surface area contributed by atoms with Gasteiger partial charge in [0.15, 0.2) is 0 Å². The van der Waals surface area contributed by atoms with E-state index < -0.39 is 12.1 Å². The van der Waals surface area contributed by atoms with E-state index in [2.05, 4.69) is 19.2 Å². The minimum atomic E-state index is -0.406. The molecule has 0 spiro atoms. The number of piperazine rings is 1. The van der Waals surface area contributed by atoms with Gasteiger partial charge in [-0.1, -0.05) is 27.7 Å². The number of carbonyl (C=O) groups is 2. The fourth-order valence-corrected chi connectivity index (χ4v) is 3.43. The monoisotopic (exact) mass is 282 g/mol. The third-order valence-corrected chi connectivity index (χ3v) is 5.03. The number of amides is 2. The predicted molar refractivity (Wildman–Crippen MR) is 76.1 cm³/mol. The SMILES string of the molecule is COC1CC(N2C(=O)C(C(C)C)NC(=O)C2C)C1(C)C. The molecule has 2 aliphatic rings. The van der Waals surface area contributed by atoms with E-state index in [9.17, 15) is 9.59 Å². The van der Waals surface area contributed by atoms with Crippen LogP contribution in [0.25, 0.3) is 0 Å². The molecule has 0 bridgehead atoms. The summed E-state index contributed by atoms with van der Waals surface area (Å²) in [4.78, 5) is 26.6. The number of methoxy groups -OCH3 is 1. The number of hydrogen-bond acceptors (Lipinski definition) is 3. The Labute approximate surface area is 121 Å². The van der Waals surface area contributed by atoms with E-state index in [1.54, 1.807) is 18.9 Å².